The molecule has 35 heavy (non-hydrogen) atoms. The van der Waals surface area contributed by atoms with Crippen LogP contribution in [0.15, 0.2) is 67.0 Å². The zero-order chi connectivity index (χ0) is 24.4. The Morgan fingerprint density at radius 3 is 2.74 bits per heavy atom. The molecule has 0 aliphatic carbocycles. The van der Waals surface area contributed by atoms with Crippen molar-refractivity contribution in [2.24, 2.45) is 7.05 Å². The number of benzene rings is 2. The Morgan fingerprint density at radius 1 is 1.14 bits per heavy atom. The Hall–Kier alpha value is -3.91. The number of pyridine rings is 1. The minimum Gasteiger partial charge on any atom is -0.493 e. The molecule has 2 unspecified atom stereocenters. The molecule has 180 valence electrons. The molecular formula is C27H27FN4O3. The van der Waals surface area contributed by atoms with Crippen LogP contribution in [0.4, 0.5) is 10.2 Å². The number of hydrogen-bond donors (Lipinski definition) is 2. The van der Waals surface area contributed by atoms with Crippen molar-refractivity contribution in [2.45, 2.75) is 18.5 Å². The van der Waals surface area contributed by atoms with E-state index in [0.29, 0.717) is 35.2 Å². The summed E-state index contributed by atoms with van der Waals surface area (Å²) in [6, 6.07) is 16.3. The molecule has 1 aliphatic rings. The van der Waals surface area contributed by atoms with E-state index in [1.165, 1.54) is 0 Å². The Kier molecular flexibility index (Phi) is 6.37. The standard InChI is InChI=1S/C27H27FN4O3/c1-32-12-9-19-13-25(24(34-2)15-23(19)32)35-20-7-11-30-26(14-20)31-27(33)18-5-3-17(4-6-18)21-8-10-29-16-22(21)28/h3-7,9,11-15,21-22,29H,8,10,16H2,1-2H3,(H,30,31,33). The second-order valence-electron chi connectivity index (χ2n) is 8.66. The molecule has 7 nitrogen and oxygen atoms in total. The summed E-state index contributed by atoms with van der Waals surface area (Å²) in [5.41, 5.74) is 2.42. The quantitative estimate of drug-likeness (QED) is 0.409. The van der Waals surface area contributed by atoms with Crippen LogP contribution in [-0.2, 0) is 7.05 Å². The van der Waals surface area contributed by atoms with Gasteiger partial charge in [-0.3, -0.25) is 4.79 Å². The third-order valence-electron chi connectivity index (χ3n) is 6.38. The summed E-state index contributed by atoms with van der Waals surface area (Å²) in [6.45, 7) is 1.16. The molecule has 1 amide bonds. The Bertz CT molecular complexity index is 1350. The van der Waals surface area contributed by atoms with Gasteiger partial charge in [0.05, 0.1) is 12.6 Å². The molecule has 3 heterocycles. The average molecular weight is 475 g/mol. The SMILES string of the molecule is COc1cc2c(ccn2C)cc1Oc1ccnc(NC(=O)c2ccc(C3CCNCC3F)cc2)c1. The van der Waals surface area contributed by atoms with Crippen molar-refractivity contribution in [3.8, 4) is 17.2 Å². The number of nitrogens with zero attached hydrogens (tertiary/aromatic N) is 2. The lowest BCUT2D eigenvalue weighted by atomic mass is 9.88. The number of carbonyl (C=O) groups is 1. The second kappa shape index (κ2) is 9.76. The van der Waals surface area contributed by atoms with Crippen LogP contribution in [0.5, 0.6) is 17.2 Å². The number of piperidine rings is 1. The smallest absolute Gasteiger partial charge is 0.256 e. The number of ether oxygens (including phenoxy) is 2. The number of aryl methyl sites for hydroxylation is 1. The van der Waals surface area contributed by atoms with Gasteiger partial charge in [0, 0.05) is 55.0 Å². The number of fused-ring (bicyclic) bond motifs is 1. The van der Waals surface area contributed by atoms with Crippen LogP contribution < -0.4 is 20.1 Å². The summed E-state index contributed by atoms with van der Waals surface area (Å²) in [7, 11) is 3.57. The highest BCUT2D eigenvalue weighted by molar-refractivity contribution is 6.03. The van der Waals surface area contributed by atoms with Crippen molar-refractivity contribution in [1.29, 1.82) is 0 Å². The normalized spacial score (nSPS) is 17.8. The van der Waals surface area contributed by atoms with Crippen molar-refractivity contribution in [3.05, 3.63) is 78.1 Å². The molecule has 0 radical (unpaired) electrons. The van der Waals surface area contributed by atoms with Crippen LogP contribution in [0, 0.1) is 0 Å². The van der Waals surface area contributed by atoms with Crippen molar-refractivity contribution < 1.29 is 18.7 Å². The van der Waals surface area contributed by atoms with Gasteiger partial charge in [0.25, 0.3) is 5.91 Å². The molecule has 8 heteroatoms. The molecule has 4 aromatic rings. The van der Waals surface area contributed by atoms with Crippen LogP contribution in [0.25, 0.3) is 10.9 Å². The van der Waals surface area contributed by atoms with Gasteiger partial charge >= 0.3 is 0 Å². The number of nitrogens with one attached hydrogen (secondary N) is 2. The number of methoxy groups -OCH3 is 1. The predicted molar refractivity (Wildman–Crippen MR) is 133 cm³/mol. The van der Waals surface area contributed by atoms with Gasteiger partial charge in [0.15, 0.2) is 11.5 Å². The number of aromatic nitrogens is 2. The molecule has 2 aromatic heterocycles. The maximum atomic E-state index is 14.2. The molecular weight excluding hydrogens is 447 g/mol. The highest BCUT2D eigenvalue weighted by Crippen LogP contribution is 2.36. The van der Waals surface area contributed by atoms with Crippen LogP contribution in [-0.4, -0.2) is 41.8 Å². The van der Waals surface area contributed by atoms with Crippen molar-refractivity contribution in [2.75, 3.05) is 25.5 Å². The fourth-order valence-electron chi connectivity index (χ4n) is 4.45. The van der Waals surface area contributed by atoms with Crippen LogP contribution in [0.2, 0.25) is 0 Å². The van der Waals surface area contributed by atoms with Gasteiger partial charge in [-0.2, -0.15) is 0 Å². The van der Waals surface area contributed by atoms with Gasteiger partial charge < -0.3 is 24.7 Å². The number of amides is 1. The summed E-state index contributed by atoms with van der Waals surface area (Å²) >= 11 is 0. The Balaban J connectivity index is 1.30. The van der Waals surface area contributed by atoms with Crippen molar-refractivity contribution in [1.82, 2.24) is 14.9 Å². The minimum atomic E-state index is -0.920. The lowest BCUT2D eigenvalue weighted by Gasteiger charge is -2.27. The molecule has 1 aliphatic heterocycles. The van der Waals surface area contributed by atoms with E-state index in [4.69, 9.17) is 9.47 Å². The third kappa shape index (κ3) is 4.83. The van der Waals surface area contributed by atoms with E-state index in [9.17, 15) is 9.18 Å². The lowest BCUT2D eigenvalue weighted by Crippen LogP contribution is -2.36. The van der Waals surface area contributed by atoms with Crippen LogP contribution in [0.1, 0.15) is 28.3 Å². The minimum absolute atomic E-state index is 0.143. The van der Waals surface area contributed by atoms with E-state index in [0.717, 1.165) is 29.4 Å². The molecule has 2 atom stereocenters. The summed E-state index contributed by atoms with van der Waals surface area (Å²) < 4.78 is 27.8. The van der Waals surface area contributed by atoms with Gasteiger partial charge in [-0.25, -0.2) is 9.37 Å². The first-order chi connectivity index (χ1) is 17.0. The van der Waals surface area contributed by atoms with E-state index in [1.807, 2.05) is 48.1 Å². The molecule has 2 N–H and O–H groups in total. The highest BCUT2D eigenvalue weighted by Gasteiger charge is 2.26. The summed E-state index contributed by atoms with van der Waals surface area (Å²) in [6.07, 6.45) is 3.37. The first-order valence-electron chi connectivity index (χ1n) is 11.5. The van der Waals surface area contributed by atoms with E-state index in [2.05, 4.69) is 15.6 Å². The molecule has 2 aromatic carbocycles. The molecule has 0 spiro atoms. The summed E-state index contributed by atoms with van der Waals surface area (Å²) in [5.74, 6) is 1.60. The van der Waals surface area contributed by atoms with E-state index < -0.39 is 6.17 Å². The highest BCUT2D eigenvalue weighted by atomic mass is 19.1. The summed E-state index contributed by atoms with van der Waals surface area (Å²) in [4.78, 5) is 17.0. The zero-order valence-corrected chi connectivity index (χ0v) is 19.6. The number of alkyl halides is 1. The third-order valence-corrected chi connectivity index (χ3v) is 6.38. The van der Waals surface area contributed by atoms with Crippen molar-refractivity contribution in [3.63, 3.8) is 0 Å². The van der Waals surface area contributed by atoms with Gasteiger partial charge in [-0.15, -0.1) is 0 Å². The molecule has 1 saturated heterocycles. The van der Waals surface area contributed by atoms with E-state index in [-0.39, 0.29) is 11.8 Å². The molecule has 1 fully saturated rings. The monoisotopic (exact) mass is 474 g/mol. The van der Waals surface area contributed by atoms with Gasteiger partial charge in [0.1, 0.15) is 17.7 Å². The maximum absolute atomic E-state index is 14.2. The van der Waals surface area contributed by atoms with Crippen molar-refractivity contribution >= 4 is 22.6 Å². The number of anilines is 1. The largest absolute Gasteiger partial charge is 0.493 e. The predicted octanol–water partition coefficient (Wildman–Crippen LogP) is 5.04. The Morgan fingerprint density at radius 2 is 1.97 bits per heavy atom. The van der Waals surface area contributed by atoms with Crippen LogP contribution in [0.3, 0.4) is 0 Å². The number of halogens is 1. The van der Waals surface area contributed by atoms with Gasteiger partial charge in [0.2, 0.25) is 0 Å². The first-order valence-corrected chi connectivity index (χ1v) is 11.5. The fraction of sp³-hybridized carbons (Fsp3) is 0.259. The fourth-order valence-corrected chi connectivity index (χ4v) is 4.45. The lowest BCUT2D eigenvalue weighted by molar-refractivity contribution is 0.102. The zero-order valence-electron chi connectivity index (χ0n) is 19.6. The van der Waals surface area contributed by atoms with Gasteiger partial charge in [-0.1, -0.05) is 12.1 Å². The molecule has 0 saturated carbocycles. The topological polar surface area (TPSA) is 77.4 Å². The molecule has 5 rings (SSSR count). The first kappa shape index (κ1) is 22.9. The number of rotatable bonds is 6. The number of carbonyl (C=O) groups excluding carboxylic acids is 1. The second-order valence-corrected chi connectivity index (χ2v) is 8.66. The average Bonchev–Trinajstić information content (AvgIpc) is 3.23. The number of hydrogen-bond acceptors (Lipinski definition) is 5. The van der Waals surface area contributed by atoms with Gasteiger partial charge in [-0.05, 0) is 48.9 Å². The molecule has 0 bridgehead atoms. The van der Waals surface area contributed by atoms with E-state index >= 15 is 0 Å². The maximum Gasteiger partial charge on any atom is 0.256 e. The summed E-state index contributed by atoms with van der Waals surface area (Å²) in [5, 5.41) is 6.89. The van der Waals surface area contributed by atoms with Crippen LogP contribution >= 0.6 is 0 Å². The van der Waals surface area contributed by atoms with E-state index in [1.54, 1.807) is 37.6 Å². The Labute approximate surface area is 202 Å².